The van der Waals surface area contributed by atoms with Crippen molar-refractivity contribution in [1.29, 1.82) is 0 Å². The molecule has 110 valence electrons. The van der Waals surface area contributed by atoms with E-state index >= 15 is 0 Å². The van der Waals surface area contributed by atoms with Gasteiger partial charge in [-0.25, -0.2) is 0 Å². The Kier molecular flexibility index (Phi) is 3.17. The smallest absolute Gasteiger partial charge is 0.256 e. The molecule has 2 aromatic carbocycles. The molecule has 0 aromatic heterocycles. The molecular weight excluding hydrogens is 316 g/mol. The Balaban J connectivity index is 1.71. The summed E-state index contributed by atoms with van der Waals surface area (Å²) < 4.78 is 0. The average molecular weight is 329 g/mol. The molecule has 1 unspecified atom stereocenters. The maximum atomic E-state index is 12.8. The Labute approximate surface area is 139 Å². The number of amides is 1. The molecular formula is C17H13ClN2OS. The van der Waals surface area contributed by atoms with Gasteiger partial charge in [0.2, 0.25) is 0 Å². The van der Waals surface area contributed by atoms with E-state index in [-0.39, 0.29) is 11.9 Å². The van der Waals surface area contributed by atoms with E-state index in [1.165, 1.54) is 11.1 Å². The number of rotatable bonds is 1. The predicted octanol–water partition coefficient (Wildman–Crippen LogP) is 3.40. The van der Waals surface area contributed by atoms with Crippen LogP contribution in [0.5, 0.6) is 0 Å². The Bertz CT molecular complexity index is 731. The zero-order valence-corrected chi connectivity index (χ0v) is 13.3. The van der Waals surface area contributed by atoms with Gasteiger partial charge in [-0.05, 0) is 47.6 Å². The molecule has 5 heteroatoms. The molecule has 1 fully saturated rings. The standard InChI is InChI=1S/C17H13ClN2OS/c18-13-5-7-14(8-6-13)20-16(21)15-9-11-3-1-2-4-12(11)10-19(15)17(20)22/h1-8,15H,9-10H2. The Morgan fingerprint density at radius 1 is 1.05 bits per heavy atom. The maximum absolute atomic E-state index is 12.8. The summed E-state index contributed by atoms with van der Waals surface area (Å²) in [5, 5.41) is 1.22. The molecule has 3 nitrogen and oxygen atoms in total. The van der Waals surface area contributed by atoms with E-state index in [9.17, 15) is 4.79 Å². The van der Waals surface area contributed by atoms with Crippen LogP contribution in [-0.2, 0) is 17.8 Å². The highest BCUT2D eigenvalue weighted by atomic mass is 35.5. The molecule has 1 atom stereocenters. The van der Waals surface area contributed by atoms with Crippen LogP contribution in [0.15, 0.2) is 48.5 Å². The van der Waals surface area contributed by atoms with Gasteiger partial charge < -0.3 is 4.90 Å². The maximum Gasteiger partial charge on any atom is 0.256 e. The van der Waals surface area contributed by atoms with Gasteiger partial charge in [0.05, 0.1) is 5.69 Å². The largest absolute Gasteiger partial charge is 0.332 e. The molecule has 1 saturated heterocycles. The highest BCUT2D eigenvalue weighted by Gasteiger charge is 2.45. The molecule has 2 aliphatic heterocycles. The van der Waals surface area contributed by atoms with E-state index in [0.717, 1.165) is 5.69 Å². The SMILES string of the molecule is O=C1C2Cc3ccccc3CN2C(=S)N1c1ccc(Cl)cc1. The molecule has 2 aromatic rings. The molecule has 0 radical (unpaired) electrons. The first-order valence-electron chi connectivity index (χ1n) is 7.12. The fourth-order valence-electron chi connectivity index (χ4n) is 3.14. The Morgan fingerprint density at radius 2 is 1.73 bits per heavy atom. The lowest BCUT2D eigenvalue weighted by molar-refractivity contribution is -0.119. The van der Waals surface area contributed by atoms with Gasteiger partial charge in [0.15, 0.2) is 5.11 Å². The van der Waals surface area contributed by atoms with Crippen LogP contribution in [-0.4, -0.2) is 22.0 Å². The molecule has 0 bridgehead atoms. The van der Waals surface area contributed by atoms with Crippen molar-refractivity contribution in [1.82, 2.24) is 4.90 Å². The van der Waals surface area contributed by atoms with Gasteiger partial charge in [-0.15, -0.1) is 0 Å². The van der Waals surface area contributed by atoms with Gasteiger partial charge in [-0.2, -0.15) is 0 Å². The van der Waals surface area contributed by atoms with E-state index in [1.807, 2.05) is 29.2 Å². The number of halogens is 1. The Morgan fingerprint density at radius 3 is 2.45 bits per heavy atom. The van der Waals surface area contributed by atoms with Gasteiger partial charge in [-0.1, -0.05) is 35.9 Å². The minimum atomic E-state index is -0.196. The number of nitrogens with zero attached hydrogens (tertiary/aromatic N) is 2. The highest BCUT2D eigenvalue weighted by molar-refractivity contribution is 7.80. The van der Waals surface area contributed by atoms with Crippen LogP contribution in [0.3, 0.4) is 0 Å². The van der Waals surface area contributed by atoms with Crippen molar-refractivity contribution in [2.75, 3.05) is 4.90 Å². The summed E-state index contributed by atoms with van der Waals surface area (Å²) in [6.45, 7) is 0.690. The second kappa shape index (κ2) is 5.07. The fourth-order valence-corrected chi connectivity index (χ4v) is 3.66. The third kappa shape index (κ3) is 2.02. The second-order valence-electron chi connectivity index (χ2n) is 5.55. The van der Waals surface area contributed by atoms with E-state index in [0.29, 0.717) is 23.1 Å². The summed E-state index contributed by atoms with van der Waals surface area (Å²) in [5.41, 5.74) is 3.25. The normalized spacial score (nSPS) is 20.1. The minimum Gasteiger partial charge on any atom is -0.332 e. The number of fused-ring (bicyclic) bond motifs is 2. The lowest BCUT2D eigenvalue weighted by atomic mass is 9.95. The molecule has 0 aliphatic carbocycles. The summed E-state index contributed by atoms with van der Waals surface area (Å²) >= 11 is 11.5. The van der Waals surface area contributed by atoms with Crippen molar-refractivity contribution in [2.24, 2.45) is 0 Å². The zero-order valence-electron chi connectivity index (χ0n) is 11.7. The molecule has 1 amide bonds. The van der Waals surface area contributed by atoms with Gasteiger partial charge in [0.1, 0.15) is 6.04 Å². The zero-order chi connectivity index (χ0) is 15.3. The summed E-state index contributed by atoms with van der Waals surface area (Å²) in [7, 11) is 0. The first-order chi connectivity index (χ1) is 10.6. The fraction of sp³-hybridized carbons (Fsp3) is 0.176. The number of carbonyl (C=O) groups excluding carboxylic acids is 1. The topological polar surface area (TPSA) is 23.6 Å². The van der Waals surface area contributed by atoms with E-state index in [1.54, 1.807) is 17.0 Å². The predicted molar refractivity (Wildman–Crippen MR) is 91.0 cm³/mol. The van der Waals surface area contributed by atoms with Crippen LogP contribution in [0.1, 0.15) is 11.1 Å². The number of carbonyl (C=O) groups is 1. The number of thiocarbonyl (C=S) groups is 1. The molecule has 0 saturated carbocycles. The minimum absolute atomic E-state index is 0.0434. The summed E-state index contributed by atoms with van der Waals surface area (Å²) in [6, 6.07) is 15.3. The van der Waals surface area contributed by atoms with Gasteiger partial charge in [-0.3, -0.25) is 9.69 Å². The van der Waals surface area contributed by atoms with Crippen molar-refractivity contribution < 1.29 is 4.79 Å². The molecule has 22 heavy (non-hydrogen) atoms. The first-order valence-corrected chi connectivity index (χ1v) is 7.91. The van der Waals surface area contributed by atoms with Crippen LogP contribution in [0, 0.1) is 0 Å². The first kappa shape index (κ1) is 13.7. The Hall–Kier alpha value is -1.91. The molecule has 2 heterocycles. The number of benzene rings is 2. The number of hydrogen-bond donors (Lipinski definition) is 0. The quantitative estimate of drug-likeness (QED) is 0.750. The van der Waals surface area contributed by atoms with Crippen LogP contribution in [0.2, 0.25) is 5.02 Å². The van der Waals surface area contributed by atoms with Gasteiger partial charge >= 0.3 is 0 Å². The third-order valence-electron chi connectivity index (χ3n) is 4.28. The number of hydrogen-bond acceptors (Lipinski definition) is 2. The van der Waals surface area contributed by atoms with Crippen LogP contribution < -0.4 is 4.90 Å². The van der Waals surface area contributed by atoms with Crippen LogP contribution in [0.4, 0.5) is 5.69 Å². The van der Waals surface area contributed by atoms with E-state index in [2.05, 4.69) is 12.1 Å². The van der Waals surface area contributed by atoms with E-state index < -0.39 is 0 Å². The molecule has 2 aliphatic rings. The van der Waals surface area contributed by atoms with Crippen molar-refractivity contribution in [3.8, 4) is 0 Å². The summed E-state index contributed by atoms with van der Waals surface area (Å²) in [4.78, 5) is 16.5. The van der Waals surface area contributed by atoms with Crippen LogP contribution in [0.25, 0.3) is 0 Å². The van der Waals surface area contributed by atoms with Crippen molar-refractivity contribution in [3.05, 3.63) is 64.7 Å². The summed E-state index contributed by atoms with van der Waals surface area (Å²) in [6.07, 6.45) is 0.708. The molecule has 4 rings (SSSR count). The lowest BCUT2D eigenvalue weighted by Gasteiger charge is -2.30. The summed E-state index contributed by atoms with van der Waals surface area (Å²) in [5.74, 6) is 0.0434. The molecule has 0 spiro atoms. The number of anilines is 1. The van der Waals surface area contributed by atoms with Crippen LogP contribution >= 0.6 is 23.8 Å². The third-order valence-corrected chi connectivity index (χ3v) is 4.94. The highest BCUT2D eigenvalue weighted by Crippen LogP contribution is 2.33. The van der Waals surface area contributed by atoms with Gasteiger partial charge in [0, 0.05) is 18.0 Å². The molecule has 0 N–H and O–H groups in total. The average Bonchev–Trinajstić information content (AvgIpc) is 2.78. The van der Waals surface area contributed by atoms with Gasteiger partial charge in [0.25, 0.3) is 5.91 Å². The monoisotopic (exact) mass is 328 g/mol. The second-order valence-corrected chi connectivity index (χ2v) is 6.35. The van der Waals surface area contributed by atoms with Crippen molar-refractivity contribution >= 4 is 40.5 Å². The van der Waals surface area contributed by atoms with Crippen molar-refractivity contribution in [3.63, 3.8) is 0 Å². The lowest BCUT2D eigenvalue weighted by Crippen LogP contribution is -2.39. The van der Waals surface area contributed by atoms with Crippen molar-refractivity contribution in [2.45, 2.75) is 19.0 Å². The van der Waals surface area contributed by atoms with E-state index in [4.69, 9.17) is 23.8 Å².